The van der Waals surface area contributed by atoms with E-state index in [-0.39, 0.29) is 5.56 Å². The first-order valence-corrected chi connectivity index (χ1v) is 10.6. The number of hydrogen-bond acceptors (Lipinski definition) is 7. The van der Waals surface area contributed by atoms with Crippen molar-refractivity contribution in [2.24, 2.45) is 0 Å². The minimum Gasteiger partial charge on any atom is -0.497 e. The number of nitrogens with one attached hydrogen (secondary N) is 2. The van der Waals surface area contributed by atoms with Crippen LogP contribution in [0.4, 0.5) is 5.69 Å². The molecule has 0 saturated carbocycles. The van der Waals surface area contributed by atoms with E-state index in [0.29, 0.717) is 51.7 Å². The number of carbonyl (C=O) groups is 2. The van der Waals surface area contributed by atoms with Gasteiger partial charge in [-0.15, -0.1) is 11.3 Å². The molecule has 0 aliphatic carbocycles. The molecule has 2 N–H and O–H groups in total. The molecule has 2 amide bonds. The van der Waals surface area contributed by atoms with E-state index in [1.165, 1.54) is 25.6 Å². The monoisotopic (exact) mass is 455 g/mol. The molecule has 0 aliphatic heterocycles. The van der Waals surface area contributed by atoms with Gasteiger partial charge in [-0.05, 0) is 31.2 Å². The van der Waals surface area contributed by atoms with E-state index in [1.54, 1.807) is 31.4 Å². The largest absolute Gasteiger partial charge is 0.497 e. The van der Waals surface area contributed by atoms with Crippen LogP contribution in [0.3, 0.4) is 0 Å². The van der Waals surface area contributed by atoms with Crippen molar-refractivity contribution in [3.63, 3.8) is 0 Å². The number of methoxy groups -OCH3 is 3. The van der Waals surface area contributed by atoms with Gasteiger partial charge >= 0.3 is 0 Å². The summed E-state index contributed by atoms with van der Waals surface area (Å²) in [5.41, 5.74) is 2.14. The number of hydrogen-bond donors (Lipinski definition) is 2. The number of carbonyl (C=O) groups excluding carboxylic acids is 2. The zero-order chi connectivity index (χ0) is 23.3. The quantitative estimate of drug-likeness (QED) is 0.503. The fourth-order valence-corrected chi connectivity index (χ4v) is 4.08. The van der Waals surface area contributed by atoms with Gasteiger partial charge in [-0.2, -0.15) is 0 Å². The number of nitrogens with zero attached hydrogens (tertiary/aromatic N) is 1. The smallest absolute Gasteiger partial charge is 0.260 e. The lowest BCUT2D eigenvalue weighted by atomic mass is 10.1. The van der Waals surface area contributed by atoms with Crippen molar-refractivity contribution in [2.45, 2.75) is 13.3 Å². The van der Waals surface area contributed by atoms with Gasteiger partial charge in [0.15, 0.2) is 0 Å². The fourth-order valence-electron chi connectivity index (χ4n) is 3.12. The zero-order valence-corrected chi connectivity index (χ0v) is 19.2. The summed E-state index contributed by atoms with van der Waals surface area (Å²) in [6.07, 6.45) is 0.476. The molecule has 0 atom stereocenters. The maximum absolute atomic E-state index is 13.3. The lowest BCUT2D eigenvalue weighted by Crippen LogP contribution is -2.25. The third-order valence-corrected chi connectivity index (χ3v) is 5.70. The molecule has 0 saturated heterocycles. The summed E-state index contributed by atoms with van der Waals surface area (Å²) in [4.78, 5) is 30.6. The lowest BCUT2D eigenvalue weighted by molar-refractivity contribution is 0.0963. The van der Waals surface area contributed by atoms with Crippen molar-refractivity contribution in [3.05, 3.63) is 58.7 Å². The predicted molar refractivity (Wildman–Crippen MR) is 125 cm³/mol. The topological polar surface area (TPSA) is 98.8 Å². The van der Waals surface area contributed by atoms with Gasteiger partial charge in [-0.25, -0.2) is 4.98 Å². The Labute approximate surface area is 190 Å². The number of aromatic nitrogens is 1. The Morgan fingerprint density at radius 1 is 1.09 bits per heavy atom. The minimum atomic E-state index is -0.420. The van der Waals surface area contributed by atoms with E-state index in [2.05, 4.69) is 22.2 Å². The molecular weight excluding hydrogens is 430 g/mol. The molecule has 3 aromatic rings. The first-order chi connectivity index (χ1) is 15.4. The zero-order valence-electron chi connectivity index (χ0n) is 18.4. The maximum Gasteiger partial charge on any atom is 0.260 e. The number of rotatable bonds is 9. The molecule has 2 aromatic carbocycles. The normalized spacial score (nSPS) is 10.6. The standard InChI is InChI=1S/C23H25N3O5S/c1-13(10-11-29-3)24-22(27)16-7-6-15(30-4)12-18(16)26-23(28)20-19(31-5)9-8-17-21(20)32-14(2)25-17/h6-9,12H,1,10-11H2,2-5H3,(H,24,27)(H,26,28). The van der Waals surface area contributed by atoms with Gasteiger partial charge < -0.3 is 24.8 Å². The summed E-state index contributed by atoms with van der Waals surface area (Å²) < 4.78 is 16.4. The Kier molecular flexibility index (Phi) is 7.45. The predicted octanol–water partition coefficient (Wildman–Crippen LogP) is 4.15. The van der Waals surface area contributed by atoms with Crippen molar-refractivity contribution >= 4 is 39.1 Å². The Balaban J connectivity index is 1.96. The van der Waals surface area contributed by atoms with Crippen molar-refractivity contribution in [2.75, 3.05) is 33.3 Å². The van der Waals surface area contributed by atoms with Crippen molar-refractivity contribution in [1.29, 1.82) is 0 Å². The summed E-state index contributed by atoms with van der Waals surface area (Å²) in [6.45, 7) is 6.15. The van der Waals surface area contributed by atoms with Crippen LogP contribution in [-0.4, -0.2) is 44.7 Å². The molecule has 0 spiro atoms. The number of aryl methyl sites for hydroxylation is 1. The maximum atomic E-state index is 13.3. The lowest BCUT2D eigenvalue weighted by Gasteiger charge is -2.15. The van der Waals surface area contributed by atoms with Crippen molar-refractivity contribution in [3.8, 4) is 11.5 Å². The highest BCUT2D eigenvalue weighted by molar-refractivity contribution is 7.19. The van der Waals surface area contributed by atoms with Crippen LogP contribution >= 0.6 is 11.3 Å². The van der Waals surface area contributed by atoms with Crippen LogP contribution in [-0.2, 0) is 4.74 Å². The van der Waals surface area contributed by atoms with Gasteiger partial charge in [0, 0.05) is 25.3 Å². The van der Waals surface area contributed by atoms with Crippen LogP contribution in [0.2, 0.25) is 0 Å². The average molecular weight is 456 g/mol. The molecule has 8 nitrogen and oxygen atoms in total. The number of fused-ring (bicyclic) bond motifs is 1. The van der Waals surface area contributed by atoms with Crippen molar-refractivity contribution in [1.82, 2.24) is 10.3 Å². The van der Waals surface area contributed by atoms with Crippen LogP contribution in [0.25, 0.3) is 10.2 Å². The van der Waals surface area contributed by atoms with Gasteiger partial charge in [0.2, 0.25) is 0 Å². The summed E-state index contributed by atoms with van der Waals surface area (Å²) >= 11 is 1.40. The van der Waals surface area contributed by atoms with E-state index in [1.807, 2.05) is 13.0 Å². The van der Waals surface area contributed by atoms with Gasteiger partial charge in [-0.1, -0.05) is 6.58 Å². The summed E-state index contributed by atoms with van der Waals surface area (Å²) in [5, 5.41) is 6.41. The van der Waals surface area contributed by atoms with E-state index < -0.39 is 11.8 Å². The number of thiazole rings is 1. The molecule has 32 heavy (non-hydrogen) atoms. The second-order valence-corrected chi connectivity index (χ2v) is 8.09. The first kappa shape index (κ1) is 23.2. The van der Waals surface area contributed by atoms with E-state index in [9.17, 15) is 9.59 Å². The highest BCUT2D eigenvalue weighted by Gasteiger charge is 2.22. The second kappa shape index (κ2) is 10.3. The number of benzene rings is 2. The van der Waals surface area contributed by atoms with E-state index in [4.69, 9.17) is 14.2 Å². The summed E-state index contributed by atoms with van der Waals surface area (Å²) in [5.74, 6) is 0.0915. The third-order valence-electron chi connectivity index (χ3n) is 4.69. The van der Waals surface area contributed by atoms with Crippen molar-refractivity contribution < 1.29 is 23.8 Å². The van der Waals surface area contributed by atoms with E-state index in [0.717, 1.165) is 5.01 Å². The average Bonchev–Trinajstić information content (AvgIpc) is 3.16. The molecule has 1 heterocycles. The van der Waals surface area contributed by atoms with Gasteiger partial charge in [0.05, 0.1) is 47.3 Å². The van der Waals surface area contributed by atoms with Gasteiger partial charge in [0.25, 0.3) is 11.8 Å². The molecule has 1 aromatic heterocycles. The fraction of sp³-hybridized carbons (Fsp3) is 0.261. The van der Waals surface area contributed by atoms with E-state index >= 15 is 0 Å². The highest BCUT2D eigenvalue weighted by Crippen LogP contribution is 2.33. The van der Waals surface area contributed by atoms with Crippen LogP contribution < -0.4 is 20.1 Å². The Hall–Kier alpha value is -3.43. The molecule has 0 fully saturated rings. The van der Waals surface area contributed by atoms with Crippen LogP contribution in [0.15, 0.2) is 42.6 Å². The Morgan fingerprint density at radius 3 is 2.56 bits per heavy atom. The first-order valence-electron chi connectivity index (χ1n) is 9.79. The molecule has 168 valence electrons. The molecular formula is C23H25N3O5S. The molecule has 0 radical (unpaired) electrons. The number of amides is 2. The van der Waals surface area contributed by atoms with Crippen LogP contribution in [0.5, 0.6) is 11.5 Å². The number of ether oxygens (including phenoxy) is 3. The van der Waals surface area contributed by atoms with Gasteiger partial charge in [-0.3, -0.25) is 9.59 Å². The Morgan fingerprint density at radius 2 is 1.88 bits per heavy atom. The van der Waals surface area contributed by atoms with Crippen LogP contribution in [0, 0.1) is 6.92 Å². The summed E-state index contributed by atoms with van der Waals surface area (Å²) in [7, 11) is 4.59. The van der Waals surface area contributed by atoms with Crippen LogP contribution in [0.1, 0.15) is 32.1 Å². The molecule has 0 unspecified atom stereocenters. The number of anilines is 1. The van der Waals surface area contributed by atoms with Gasteiger partial charge in [0.1, 0.15) is 17.1 Å². The highest BCUT2D eigenvalue weighted by atomic mass is 32.1. The molecule has 0 aliphatic rings. The second-order valence-electron chi connectivity index (χ2n) is 6.89. The molecule has 9 heteroatoms. The molecule has 0 bridgehead atoms. The summed E-state index contributed by atoms with van der Waals surface area (Å²) in [6, 6.07) is 8.34. The molecule has 3 rings (SSSR count). The minimum absolute atomic E-state index is 0.268. The Bertz CT molecular complexity index is 1170. The SMILES string of the molecule is C=C(CCOC)NC(=O)c1ccc(OC)cc1NC(=O)c1c(OC)ccc2nc(C)sc12. The third kappa shape index (κ3) is 5.06.